The molecule has 0 radical (unpaired) electrons. The molecule has 0 aromatic heterocycles. The minimum atomic E-state index is -0.925. The molecule has 0 bridgehead atoms. The predicted octanol–water partition coefficient (Wildman–Crippen LogP) is 3.52. The lowest BCUT2D eigenvalue weighted by Gasteiger charge is -2.04. The van der Waals surface area contributed by atoms with Crippen LogP contribution in [-0.2, 0) is 0 Å². The van der Waals surface area contributed by atoms with Crippen LogP contribution in [0, 0.1) is 11.8 Å². The van der Waals surface area contributed by atoms with Gasteiger partial charge in [-0.2, -0.15) is 0 Å². The van der Waals surface area contributed by atoms with Gasteiger partial charge in [-0.15, -0.1) is 11.6 Å². The van der Waals surface area contributed by atoms with Crippen LogP contribution in [0.2, 0.25) is 0 Å². The third-order valence-electron chi connectivity index (χ3n) is 2.60. The maximum absolute atomic E-state index is 11.1. The van der Waals surface area contributed by atoms with Gasteiger partial charge >= 0.3 is 5.97 Å². The summed E-state index contributed by atoms with van der Waals surface area (Å²) in [7, 11) is 0. The Morgan fingerprint density at radius 3 is 2.61 bits per heavy atom. The molecule has 2 aromatic carbocycles. The highest BCUT2D eigenvalue weighted by Gasteiger charge is 2.08. The lowest BCUT2D eigenvalue weighted by molar-refractivity contribution is 0.0699. The normalized spacial score (nSPS) is 9.83. The van der Waals surface area contributed by atoms with Gasteiger partial charge in [0, 0.05) is 17.9 Å². The minimum Gasteiger partial charge on any atom is -0.478 e. The van der Waals surface area contributed by atoms with Crippen molar-refractivity contribution < 1.29 is 9.90 Å². The molecule has 3 heteroatoms. The molecule has 0 heterocycles. The van der Waals surface area contributed by atoms with Gasteiger partial charge in [0.2, 0.25) is 0 Å². The van der Waals surface area contributed by atoms with Crippen LogP contribution < -0.4 is 0 Å². The molecule has 0 saturated heterocycles. The van der Waals surface area contributed by atoms with Crippen molar-refractivity contribution in [2.24, 2.45) is 0 Å². The van der Waals surface area contributed by atoms with Crippen molar-refractivity contribution in [2.75, 3.05) is 5.88 Å². The Labute approximate surface area is 110 Å². The molecule has 2 nitrogen and oxygen atoms in total. The zero-order valence-electron chi connectivity index (χ0n) is 9.61. The summed E-state index contributed by atoms with van der Waals surface area (Å²) in [5.74, 6) is 5.56. The Morgan fingerprint density at radius 1 is 1.17 bits per heavy atom. The van der Waals surface area contributed by atoms with Crippen molar-refractivity contribution in [3.63, 3.8) is 0 Å². The van der Waals surface area contributed by atoms with Crippen molar-refractivity contribution >= 4 is 28.3 Å². The smallest absolute Gasteiger partial charge is 0.336 e. The number of fused-ring (bicyclic) bond motifs is 1. The van der Waals surface area contributed by atoms with E-state index in [0.717, 1.165) is 10.9 Å². The Bertz CT molecular complexity index is 650. The van der Waals surface area contributed by atoms with E-state index < -0.39 is 5.97 Å². The summed E-state index contributed by atoms with van der Waals surface area (Å²) in [5, 5.41) is 10.7. The molecule has 0 unspecified atom stereocenters. The summed E-state index contributed by atoms with van der Waals surface area (Å²) in [4.78, 5) is 11.1. The average molecular weight is 259 g/mol. The van der Waals surface area contributed by atoms with Crippen LogP contribution in [0.1, 0.15) is 22.3 Å². The monoisotopic (exact) mass is 258 g/mol. The number of hydrogen-bond acceptors (Lipinski definition) is 1. The largest absolute Gasteiger partial charge is 0.478 e. The van der Waals surface area contributed by atoms with Gasteiger partial charge < -0.3 is 5.11 Å². The molecule has 0 aliphatic heterocycles. The number of rotatable bonds is 2. The van der Waals surface area contributed by atoms with E-state index in [4.69, 9.17) is 16.7 Å². The number of halogens is 1. The van der Waals surface area contributed by atoms with E-state index in [2.05, 4.69) is 11.8 Å². The summed E-state index contributed by atoms with van der Waals surface area (Å²) in [6.45, 7) is 0. The maximum atomic E-state index is 11.1. The van der Waals surface area contributed by atoms with Gasteiger partial charge in [-0.05, 0) is 22.9 Å². The Hall–Kier alpha value is -1.98. The molecule has 0 amide bonds. The van der Waals surface area contributed by atoms with E-state index >= 15 is 0 Å². The molecule has 1 N–H and O–H groups in total. The second kappa shape index (κ2) is 5.57. The molecule has 18 heavy (non-hydrogen) atoms. The van der Waals surface area contributed by atoms with Gasteiger partial charge in [0.25, 0.3) is 0 Å². The van der Waals surface area contributed by atoms with Gasteiger partial charge in [-0.25, -0.2) is 4.79 Å². The predicted molar refractivity (Wildman–Crippen MR) is 73.1 cm³/mol. The first-order valence-electron chi connectivity index (χ1n) is 5.54. The van der Waals surface area contributed by atoms with E-state index in [9.17, 15) is 4.79 Å². The fraction of sp³-hybridized carbons (Fsp3) is 0.133. The zero-order valence-corrected chi connectivity index (χ0v) is 10.4. The summed E-state index contributed by atoms with van der Waals surface area (Å²) < 4.78 is 0. The molecule has 0 aliphatic carbocycles. The van der Waals surface area contributed by atoms with Gasteiger partial charge in [-0.3, -0.25) is 0 Å². The lowest BCUT2D eigenvalue weighted by atomic mass is 10.0. The first-order valence-corrected chi connectivity index (χ1v) is 6.07. The van der Waals surface area contributed by atoms with Gasteiger partial charge in [0.05, 0.1) is 5.56 Å². The molecule has 0 fully saturated rings. The number of alkyl halides is 1. The summed E-state index contributed by atoms with van der Waals surface area (Å²) in [6, 6.07) is 10.7. The van der Waals surface area contributed by atoms with Gasteiger partial charge in [0.15, 0.2) is 0 Å². The highest BCUT2D eigenvalue weighted by Crippen LogP contribution is 2.22. The molecule has 0 saturated carbocycles. The number of carbonyl (C=O) groups is 1. The number of carboxylic acids is 1. The van der Waals surface area contributed by atoms with Crippen LogP contribution in [-0.4, -0.2) is 17.0 Å². The molecular formula is C15H11ClO2. The Balaban J connectivity index is 2.61. The van der Waals surface area contributed by atoms with Gasteiger partial charge in [-0.1, -0.05) is 36.1 Å². The first-order chi connectivity index (χ1) is 8.74. The third kappa shape index (κ3) is 2.47. The molecule has 2 rings (SSSR count). The molecule has 0 spiro atoms. The quantitative estimate of drug-likeness (QED) is 0.661. The van der Waals surface area contributed by atoms with E-state index in [1.807, 2.05) is 18.2 Å². The number of benzene rings is 2. The van der Waals surface area contributed by atoms with Crippen LogP contribution >= 0.6 is 11.6 Å². The summed E-state index contributed by atoms with van der Waals surface area (Å²) >= 11 is 5.57. The molecule has 90 valence electrons. The van der Waals surface area contributed by atoms with Crippen molar-refractivity contribution in [3.8, 4) is 11.8 Å². The summed E-state index contributed by atoms with van der Waals surface area (Å²) in [5.41, 5.74) is 1.13. The highest BCUT2D eigenvalue weighted by atomic mass is 35.5. The highest BCUT2D eigenvalue weighted by molar-refractivity contribution is 6.18. The standard InChI is InChI=1S/C15H11ClO2/c16-10-2-1-5-11-6-3-8-13-12(11)7-4-9-14(13)15(17)18/h3-4,6-9H,2,10H2,(H,17,18). The van der Waals surface area contributed by atoms with Crippen molar-refractivity contribution in [1.82, 2.24) is 0 Å². The Kier molecular flexibility index (Phi) is 3.86. The van der Waals surface area contributed by atoms with E-state index in [1.165, 1.54) is 0 Å². The fourth-order valence-electron chi connectivity index (χ4n) is 1.81. The molecule has 2 aromatic rings. The fourth-order valence-corrected chi connectivity index (χ4v) is 1.90. The number of hydrogen-bond donors (Lipinski definition) is 1. The van der Waals surface area contributed by atoms with Crippen molar-refractivity contribution in [3.05, 3.63) is 47.5 Å². The SMILES string of the molecule is O=C(O)c1cccc2c(C#CCCCl)cccc12. The average Bonchev–Trinajstić information content (AvgIpc) is 2.38. The van der Waals surface area contributed by atoms with E-state index in [0.29, 0.717) is 23.3 Å². The molecule has 0 atom stereocenters. The lowest BCUT2D eigenvalue weighted by Crippen LogP contribution is -1.97. The van der Waals surface area contributed by atoms with E-state index in [-0.39, 0.29) is 0 Å². The third-order valence-corrected chi connectivity index (χ3v) is 2.78. The van der Waals surface area contributed by atoms with Crippen LogP contribution in [0.3, 0.4) is 0 Å². The second-order valence-corrected chi connectivity index (χ2v) is 4.13. The molecule has 0 aliphatic rings. The number of carboxylic acid groups (broad SMARTS) is 1. The zero-order chi connectivity index (χ0) is 13.0. The number of aromatic carboxylic acids is 1. The van der Waals surface area contributed by atoms with Crippen LogP contribution in [0.5, 0.6) is 0 Å². The van der Waals surface area contributed by atoms with Crippen LogP contribution in [0.4, 0.5) is 0 Å². The Morgan fingerprint density at radius 2 is 1.89 bits per heavy atom. The minimum absolute atomic E-state index is 0.300. The van der Waals surface area contributed by atoms with Crippen molar-refractivity contribution in [1.29, 1.82) is 0 Å². The maximum Gasteiger partial charge on any atom is 0.336 e. The topological polar surface area (TPSA) is 37.3 Å². The van der Waals surface area contributed by atoms with Gasteiger partial charge in [0.1, 0.15) is 0 Å². The van der Waals surface area contributed by atoms with Crippen LogP contribution in [0.25, 0.3) is 10.8 Å². The second-order valence-electron chi connectivity index (χ2n) is 3.75. The van der Waals surface area contributed by atoms with Crippen LogP contribution in [0.15, 0.2) is 36.4 Å². The van der Waals surface area contributed by atoms with Crippen molar-refractivity contribution in [2.45, 2.75) is 6.42 Å². The summed E-state index contributed by atoms with van der Waals surface area (Å²) in [6.07, 6.45) is 0.622. The molecular weight excluding hydrogens is 248 g/mol. The first kappa shape index (κ1) is 12.5. The van der Waals surface area contributed by atoms with E-state index in [1.54, 1.807) is 18.2 Å².